The molecule has 1 radical (unpaired) electrons. The van der Waals surface area contributed by atoms with Crippen molar-refractivity contribution in [2.45, 2.75) is 65.5 Å². The van der Waals surface area contributed by atoms with Gasteiger partial charge < -0.3 is 11.5 Å². The van der Waals surface area contributed by atoms with Gasteiger partial charge in [0.15, 0.2) is 0 Å². The summed E-state index contributed by atoms with van der Waals surface area (Å²) in [6, 6.07) is 4.90. The molecule has 12 nitrogen and oxygen atoms in total. The van der Waals surface area contributed by atoms with Gasteiger partial charge in [0.05, 0.1) is 11.0 Å². The van der Waals surface area contributed by atoms with E-state index in [1.807, 2.05) is 12.4 Å². The summed E-state index contributed by atoms with van der Waals surface area (Å²) in [5, 5.41) is 2.41. The molecule has 211 valence electrons. The van der Waals surface area contributed by atoms with Crippen LogP contribution in [-0.4, -0.2) is 22.1 Å². The maximum Gasteiger partial charge on any atom is 2.00 e. The number of aryl methyl sites for hydroxylation is 4. The number of rotatable bonds is 0. The molecule has 0 unspecified atom stereocenters. The van der Waals surface area contributed by atoms with Crippen LogP contribution in [0.1, 0.15) is 47.9 Å². The maximum atomic E-state index is 8.49. The van der Waals surface area contributed by atoms with Gasteiger partial charge in [-0.2, -0.15) is 0 Å². The van der Waals surface area contributed by atoms with Gasteiger partial charge in [0, 0.05) is 35.2 Å². The van der Waals surface area contributed by atoms with Crippen molar-refractivity contribution in [1.82, 2.24) is 9.97 Å². The summed E-state index contributed by atoms with van der Waals surface area (Å²) >= 11 is 0. The summed E-state index contributed by atoms with van der Waals surface area (Å²) in [5.41, 5.74) is 18.4. The van der Waals surface area contributed by atoms with Crippen molar-refractivity contribution in [2.24, 2.45) is 11.5 Å². The van der Waals surface area contributed by atoms with Crippen molar-refractivity contribution in [1.29, 1.82) is 0 Å². The first-order chi connectivity index (χ1) is 16.4. The fourth-order valence-electron chi connectivity index (χ4n) is 3.58. The van der Waals surface area contributed by atoms with Crippen LogP contribution in [0.5, 0.6) is 0 Å². The van der Waals surface area contributed by atoms with Crippen molar-refractivity contribution in [3.8, 4) is 0 Å². The Morgan fingerprint density at radius 1 is 0.649 bits per heavy atom. The van der Waals surface area contributed by atoms with Crippen LogP contribution in [0, 0.1) is 48.2 Å². The first-order valence-electron chi connectivity index (χ1n) is 10.8. The second kappa shape index (κ2) is 15.4. The van der Waals surface area contributed by atoms with Gasteiger partial charge in [-0.05, 0) is 62.8 Å². The summed E-state index contributed by atoms with van der Waals surface area (Å²) in [6.45, 7) is 8.48. The average molecular weight is 613 g/mol. The van der Waals surface area contributed by atoms with Crippen LogP contribution < -0.4 is 48.7 Å². The zero-order valence-corrected chi connectivity index (χ0v) is 23.1. The molecule has 1 fully saturated rings. The van der Waals surface area contributed by atoms with Crippen molar-refractivity contribution in [3.63, 3.8) is 0 Å². The summed E-state index contributed by atoms with van der Waals surface area (Å²) < 4.78 is 67.9. The molecule has 2 heterocycles. The van der Waals surface area contributed by atoms with Crippen LogP contribution in [-0.2, 0) is 17.1 Å². The Labute approximate surface area is 229 Å². The SMILES string of the molecule is Cc1cnc2c(ccc3c(C)c(C)cnc32)c1C.N[C@@H]1CCCC[C@H]1N.[Cu+2].[O-][Cl+3]([O-])([O-])[O-].[O-][Cl+3]([O-])([O-])[O-]. The molecule has 1 aliphatic carbocycles. The quantitative estimate of drug-likeness (QED) is 0.178. The second-order valence-electron chi connectivity index (χ2n) is 8.36. The van der Waals surface area contributed by atoms with E-state index in [0.29, 0.717) is 0 Å². The predicted octanol–water partition coefficient (Wildman–Crippen LogP) is -5.28. The Hall–Kier alpha value is -1.26. The molecule has 15 heteroatoms. The van der Waals surface area contributed by atoms with E-state index in [1.54, 1.807) is 0 Å². The van der Waals surface area contributed by atoms with Crippen LogP contribution in [0.3, 0.4) is 0 Å². The van der Waals surface area contributed by atoms with Crippen LogP contribution in [0.25, 0.3) is 21.8 Å². The normalized spacial score (nSPS) is 17.4. The average Bonchev–Trinajstić information content (AvgIpc) is 2.73. The zero-order chi connectivity index (χ0) is 27.8. The maximum absolute atomic E-state index is 8.49. The van der Waals surface area contributed by atoms with Gasteiger partial charge in [-0.1, -0.05) is 25.0 Å². The Morgan fingerprint density at radius 2 is 0.919 bits per heavy atom. The number of nitrogens with zero attached hydrogens (tertiary/aromatic N) is 2. The number of fused-ring (bicyclic) bond motifs is 3. The summed E-state index contributed by atoms with van der Waals surface area (Å²) in [6.07, 6.45) is 8.67. The van der Waals surface area contributed by atoms with Crippen molar-refractivity contribution >= 4 is 21.8 Å². The van der Waals surface area contributed by atoms with Gasteiger partial charge in [0.25, 0.3) is 0 Å². The first kappa shape index (κ1) is 35.7. The molecule has 0 saturated heterocycles. The molecule has 0 amide bonds. The van der Waals surface area contributed by atoms with Gasteiger partial charge in [-0.15, -0.1) is 20.5 Å². The van der Waals surface area contributed by atoms with Crippen LogP contribution in [0.2, 0.25) is 0 Å². The number of hydrogen-bond donors (Lipinski definition) is 2. The molecule has 1 saturated carbocycles. The summed E-state index contributed by atoms with van der Waals surface area (Å²) in [5.74, 6) is 0. The van der Waals surface area contributed by atoms with Crippen LogP contribution in [0.4, 0.5) is 0 Å². The molecule has 1 aromatic carbocycles. The minimum atomic E-state index is -4.94. The zero-order valence-electron chi connectivity index (χ0n) is 20.7. The van der Waals surface area contributed by atoms with Gasteiger partial charge in [-0.3, -0.25) is 9.97 Å². The molecule has 4 N–H and O–H groups in total. The van der Waals surface area contributed by atoms with E-state index >= 15 is 0 Å². The summed E-state index contributed by atoms with van der Waals surface area (Å²) in [4.78, 5) is 9.16. The van der Waals surface area contributed by atoms with Crippen LogP contribution >= 0.6 is 0 Å². The third kappa shape index (κ3) is 13.4. The molecule has 2 aromatic heterocycles. The molecule has 37 heavy (non-hydrogen) atoms. The Morgan fingerprint density at radius 3 is 1.16 bits per heavy atom. The van der Waals surface area contributed by atoms with Gasteiger partial charge >= 0.3 is 17.1 Å². The molecule has 3 aromatic rings. The van der Waals surface area contributed by atoms with E-state index in [0.717, 1.165) is 23.9 Å². The Balaban J connectivity index is 0.000000568. The first-order valence-corrected chi connectivity index (χ1v) is 13.2. The Bertz CT molecular complexity index is 1050. The van der Waals surface area contributed by atoms with Crippen molar-refractivity contribution in [3.05, 3.63) is 46.8 Å². The fourth-order valence-corrected chi connectivity index (χ4v) is 3.58. The minimum Gasteiger partial charge on any atom is -0.326 e. The van der Waals surface area contributed by atoms with Crippen molar-refractivity contribution < 1.29 is 74.8 Å². The molecule has 1 aliphatic rings. The smallest absolute Gasteiger partial charge is 0.326 e. The number of pyridine rings is 2. The topological polar surface area (TPSA) is 262 Å². The van der Waals surface area contributed by atoms with Gasteiger partial charge in [0.1, 0.15) is 0 Å². The molecule has 0 aliphatic heterocycles. The third-order valence-corrected chi connectivity index (χ3v) is 5.79. The van der Waals surface area contributed by atoms with E-state index in [9.17, 15) is 0 Å². The molecular weight excluding hydrogens is 583 g/mol. The molecule has 2 atom stereocenters. The number of halogens is 2. The fraction of sp³-hybridized carbons (Fsp3) is 0.455. The van der Waals surface area contributed by atoms with E-state index in [2.05, 4.69) is 49.8 Å². The standard InChI is InChI=1S/C16H16N2.C6H14N2.2ClHO4.Cu/c1-9-7-17-15-13(11(9)3)5-6-14-12(4)10(2)8-18-16(14)15;7-5-3-1-2-4-6(5)8;2*2-1(3,4)5;/h5-8H,1-4H3;5-6H,1-4,7-8H2;2*(H,2,3,4,5);/q;;;;+2/p-2/t;5-,6-;;;/m.1.../s1. The third-order valence-electron chi connectivity index (χ3n) is 5.79. The van der Waals surface area contributed by atoms with Gasteiger partial charge in [0.2, 0.25) is 0 Å². The molecule has 0 bridgehead atoms. The second-order valence-corrected chi connectivity index (χ2v) is 9.87. The number of hydrogen-bond acceptors (Lipinski definition) is 12. The largest absolute Gasteiger partial charge is 2.00 e. The van der Waals surface area contributed by atoms with Crippen LogP contribution in [0.15, 0.2) is 24.5 Å². The van der Waals surface area contributed by atoms with E-state index < -0.39 is 20.5 Å². The molecular formula is C22H30Cl2CuN4O8. The predicted molar refractivity (Wildman–Crippen MR) is 110 cm³/mol. The Kier molecular flexibility index (Phi) is 14.8. The molecule has 4 rings (SSSR count). The van der Waals surface area contributed by atoms with Crippen molar-refractivity contribution in [2.75, 3.05) is 0 Å². The minimum absolute atomic E-state index is 0. The summed E-state index contributed by atoms with van der Waals surface area (Å²) in [7, 11) is -9.89. The number of nitrogens with two attached hydrogens (primary N) is 2. The number of benzene rings is 1. The number of aromatic nitrogens is 2. The van der Waals surface area contributed by atoms with E-state index in [1.165, 1.54) is 45.9 Å². The molecule has 0 spiro atoms. The van der Waals surface area contributed by atoms with Gasteiger partial charge in [-0.25, -0.2) is 37.3 Å². The van der Waals surface area contributed by atoms with E-state index in [4.69, 9.17) is 48.7 Å². The van der Waals surface area contributed by atoms with E-state index in [-0.39, 0.29) is 29.2 Å². The monoisotopic (exact) mass is 611 g/mol.